The first-order chi connectivity index (χ1) is 7.77. The molecule has 1 atom stereocenters. The zero-order valence-corrected chi connectivity index (χ0v) is 10.8. The molecule has 1 aromatic carbocycles. The van der Waals surface area contributed by atoms with E-state index in [9.17, 15) is 15.0 Å². The van der Waals surface area contributed by atoms with Crippen LogP contribution in [-0.2, 0) is 10.2 Å². The molecule has 0 amide bonds. The summed E-state index contributed by atoms with van der Waals surface area (Å²) >= 11 is 0. The summed E-state index contributed by atoms with van der Waals surface area (Å²) in [6, 6.07) is 4.97. The van der Waals surface area contributed by atoms with E-state index < -0.39 is 11.9 Å². The first-order valence-corrected chi connectivity index (χ1v) is 5.81. The Bertz CT molecular complexity index is 416. The van der Waals surface area contributed by atoms with E-state index in [-0.39, 0.29) is 11.2 Å². The fraction of sp³-hybridized carbons (Fsp3) is 0.500. The third-order valence-electron chi connectivity index (χ3n) is 2.92. The molecule has 1 unspecified atom stereocenters. The number of rotatable bonds is 3. The largest absolute Gasteiger partial charge is 0.549 e. The number of carbonyl (C=O) groups excluding carboxylic acids is 1. The van der Waals surface area contributed by atoms with Crippen molar-refractivity contribution in [3.05, 3.63) is 29.3 Å². The smallest absolute Gasteiger partial charge is 0.119 e. The van der Waals surface area contributed by atoms with Gasteiger partial charge in [0.1, 0.15) is 5.75 Å². The maximum Gasteiger partial charge on any atom is 0.119 e. The van der Waals surface area contributed by atoms with Crippen molar-refractivity contribution in [1.29, 1.82) is 0 Å². The number of aliphatic carboxylic acids is 1. The number of carboxylic acids is 1. The molecule has 0 aliphatic rings. The highest BCUT2D eigenvalue weighted by Crippen LogP contribution is 2.33. The van der Waals surface area contributed by atoms with Gasteiger partial charge in [0.15, 0.2) is 0 Å². The lowest BCUT2D eigenvalue weighted by atomic mass is 9.83. The van der Waals surface area contributed by atoms with Crippen LogP contribution in [0.4, 0.5) is 0 Å². The van der Waals surface area contributed by atoms with Gasteiger partial charge in [-0.05, 0) is 29.0 Å². The van der Waals surface area contributed by atoms with E-state index in [0.717, 1.165) is 5.56 Å². The highest BCUT2D eigenvalue weighted by Gasteiger charge is 2.20. The third-order valence-corrected chi connectivity index (χ3v) is 2.92. The summed E-state index contributed by atoms with van der Waals surface area (Å²) in [5.41, 5.74) is 1.23. The van der Waals surface area contributed by atoms with Crippen LogP contribution in [0.1, 0.15) is 51.2 Å². The summed E-state index contributed by atoms with van der Waals surface area (Å²) in [4.78, 5) is 11.0. The fourth-order valence-corrected chi connectivity index (χ4v) is 1.91. The Hall–Kier alpha value is -1.51. The van der Waals surface area contributed by atoms with E-state index >= 15 is 0 Å². The van der Waals surface area contributed by atoms with Gasteiger partial charge in [-0.3, -0.25) is 0 Å². The normalized spacial score (nSPS) is 13.4. The number of benzene rings is 1. The summed E-state index contributed by atoms with van der Waals surface area (Å²) in [6.45, 7) is 7.74. The van der Waals surface area contributed by atoms with Crippen LogP contribution in [0.15, 0.2) is 18.2 Å². The molecule has 1 N–H and O–H groups in total. The molecule has 3 heteroatoms. The molecule has 0 aliphatic heterocycles. The Morgan fingerprint density at radius 2 is 2.00 bits per heavy atom. The summed E-state index contributed by atoms with van der Waals surface area (Å²) in [5, 5.41) is 20.8. The number of phenols is 1. The second-order valence-electron chi connectivity index (χ2n) is 5.31. The molecule has 0 saturated heterocycles. The van der Waals surface area contributed by atoms with Gasteiger partial charge in [-0.25, -0.2) is 0 Å². The van der Waals surface area contributed by atoms with Gasteiger partial charge in [-0.15, -0.1) is 0 Å². The van der Waals surface area contributed by atoms with E-state index in [1.807, 2.05) is 27.7 Å². The van der Waals surface area contributed by atoms with Crippen molar-refractivity contribution in [1.82, 2.24) is 0 Å². The lowest BCUT2D eigenvalue weighted by Gasteiger charge is -2.24. The zero-order chi connectivity index (χ0) is 13.2. The van der Waals surface area contributed by atoms with Gasteiger partial charge >= 0.3 is 0 Å². The van der Waals surface area contributed by atoms with Crippen LogP contribution in [0.5, 0.6) is 5.75 Å². The molecule has 3 nitrogen and oxygen atoms in total. The molecule has 0 bridgehead atoms. The molecule has 1 aromatic rings. The van der Waals surface area contributed by atoms with Crippen molar-refractivity contribution in [2.24, 2.45) is 0 Å². The lowest BCUT2D eigenvalue weighted by molar-refractivity contribution is -0.308. The molecule has 0 spiro atoms. The van der Waals surface area contributed by atoms with Gasteiger partial charge in [-0.2, -0.15) is 0 Å². The molecule has 0 saturated carbocycles. The Morgan fingerprint density at radius 3 is 2.41 bits per heavy atom. The Labute approximate surface area is 102 Å². The molecular weight excluding hydrogens is 216 g/mol. The SMILES string of the molecule is CCC(C(=O)[O-])c1ccc(O)c(C(C)(C)C)c1. The number of phenolic OH excluding ortho intramolecular Hbond substituents is 1. The van der Waals surface area contributed by atoms with Crippen LogP contribution in [0, 0.1) is 0 Å². The highest BCUT2D eigenvalue weighted by atomic mass is 16.4. The average molecular weight is 235 g/mol. The summed E-state index contributed by atoms with van der Waals surface area (Å²) in [5.74, 6) is -1.48. The predicted octanol–water partition coefficient (Wildman–Crippen LogP) is 1.93. The topological polar surface area (TPSA) is 60.4 Å². The van der Waals surface area contributed by atoms with Crippen LogP contribution in [0.25, 0.3) is 0 Å². The summed E-state index contributed by atoms with van der Waals surface area (Å²) in [6.07, 6.45) is 0.483. The number of hydrogen-bond donors (Lipinski definition) is 1. The van der Waals surface area contributed by atoms with E-state index in [1.54, 1.807) is 18.2 Å². The van der Waals surface area contributed by atoms with Crippen molar-refractivity contribution in [2.45, 2.75) is 45.4 Å². The molecule has 0 radical (unpaired) electrons. The molecule has 0 aliphatic carbocycles. The maximum absolute atomic E-state index is 11.0. The van der Waals surface area contributed by atoms with E-state index in [1.165, 1.54) is 0 Å². The minimum absolute atomic E-state index is 0.203. The van der Waals surface area contributed by atoms with E-state index in [4.69, 9.17) is 0 Å². The van der Waals surface area contributed by atoms with Gasteiger partial charge in [0.05, 0.1) is 0 Å². The highest BCUT2D eigenvalue weighted by molar-refractivity contribution is 5.74. The van der Waals surface area contributed by atoms with Crippen molar-refractivity contribution in [2.75, 3.05) is 0 Å². The number of hydrogen-bond acceptors (Lipinski definition) is 3. The average Bonchev–Trinajstić information content (AvgIpc) is 2.19. The molecular formula is C14H19O3-. The van der Waals surface area contributed by atoms with Crippen molar-refractivity contribution < 1.29 is 15.0 Å². The van der Waals surface area contributed by atoms with Gasteiger partial charge in [0.25, 0.3) is 0 Å². The van der Waals surface area contributed by atoms with Crippen LogP contribution >= 0.6 is 0 Å². The molecule has 1 rings (SSSR count). The number of carbonyl (C=O) groups is 1. The minimum Gasteiger partial charge on any atom is -0.549 e. The van der Waals surface area contributed by atoms with Gasteiger partial charge in [0, 0.05) is 11.9 Å². The second kappa shape index (κ2) is 4.78. The lowest BCUT2D eigenvalue weighted by Crippen LogP contribution is -2.29. The van der Waals surface area contributed by atoms with Crippen LogP contribution in [-0.4, -0.2) is 11.1 Å². The Balaban J connectivity index is 3.25. The van der Waals surface area contributed by atoms with E-state index in [2.05, 4.69) is 0 Å². The quantitative estimate of drug-likeness (QED) is 0.870. The van der Waals surface area contributed by atoms with Gasteiger partial charge in [-0.1, -0.05) is 39.8 Å². The summed E-state index contributed by atoms with van der Waals surface area (Å²) < 4.78 is 0. The standard InChI is InChI=1S/C14H20O3/c1-5-10(13(16)17)9-6-7-12(15)11(8-9)14(2,3)4/h6-8,10,15H,5H2,1-4H3,(H,16,17)/p-1. The fourth-order valence-electron chi connectivity index (χ4n) is 1.91. The van der Waals surface area contributed by atoms with Gasteiger partial charge in [0.2, 0.25) is 0 Å². The van der Waals surface area contributed by atoms with E-state index in [0.29, 0.717) is 12.0 Å². The minimum atomic E-state index is -1.07. The molecule has 0 aromatic heterocycles. The monoisotopic (exact) mass is 235 g/mol. The maximum atomic E-state index is 11.0. The molecule has 94 valence electrons. The Morgan fingerprint density at radius 1 is 1.41 bits per heavy atom. The summed E-state index contributed by atoms with van der Waals surface area (Å²) in [7, 11) is 0. The van der Waals surface area contributed by atoms with Crippen LogP contribution in [0.2, 0.25) is 0 Å². The predicted molar refractivity (Wildman–Crippen MR) is 64.8 cm³/mol. The van der Waals surface area contributed by atoms with Crippen LogP contribution in [0.3, 0.4) is 0 Å². The van der Waals surface area contributed by atoms with Gasteiger partial charge < -0.3 is 15.0 Å². The first kappa shape index (κ1) is 13.6. The van der Waals surface area contributed by atoms with Crippen LogP contribution < -0.4 is 5.11 Å². The number of aromatic hydroxyl groups is 1. The Kier molecular flexibility index (Phi) is 3.81. The molecule has 0 heterocycles. The van der Waals surface area contributed by atoms with Crippen molar-refractivity contribution in [3.8, 4) is 5.75 Å². The molecule has 0 fully saturated rings. The first-order valence-electron chi connectivity index (χ1n) is 5.81. The number of carboxylic acid groups (broad SMARTS) is 1. The second-order valence-corrected chi connectivity index (χ2v) is 5.31. The third kappa shape index (κ3) is 2.99. The molecule has 17 heavy (non-hydrogen) atoms. The zero-order valence-electron chi connectivity index (χ0n) is 10.8. The van der Waals surface area contributed by atoms with Crippen molar-refractivity contribution >= 4 is 5.97 Å². The van der Waals surface area contributed by atoms with Crippen molar-refractivity contribution in [3.63, 3.8) is 0 Å².